The molecular weight excluding hydrogens is 216 g/mol. The van der Waals surface area contributed by atoms with Gasteiger partial charge in [0.1, 0.15) is 0 Å². The lowest BCUT2D eigenvalue weighted by Gasteiger charge is -2.03. The molecule has 0 bridgehead atoms. The van der Waals surface area contributed by atoms with Crippen LogP contribution in [0.25, 0.3) is 10.1 Å². The quantitative estimate of drug-likeness (QED) is 0.657. The Morgan fingerprint density at radius 2 is 2.12 bits per heavy atom. The number of fused-ring (bicyclic) bond motifs is 1. The average molecular weight is 228 g/mol. The summed E-state index contributed by atoms with van der Waals surface area (Å²) >= 11 is 1.80. The minimum atomic E-state index is 0.864. The Hall–Kier alpha value is -1.61. The summed E-state index contributed by atoms with van der Waals surface area (Å²) in [5.41, 5.74) is 2.56. The first kappa shape index (κ1) is 9.60. The molecule has 3 heteroatoms. The largest absolute Gasteiger partial charge is 0.265 e. The van der Waals surface area contributed by atoms with Crippen molar-refractivity contribution in [3.63, 3.8) is 0 Å². The van der Waals surface area contributed by atoms with Crippen LogP contribution < -0.4 is 0 Å². The molecule has 0 aliphatic carbocycles. The van der Waals surface area contributed by atoms with Gasteiger partial charge in [0.15, 0.2) is 0 Å². The summed E-state index contributed by atoms with van der Waals surface area (Å²) < 4.78 is 3.39. The lowest BCUT2D eigenvalue weighted by Crippen LogP contribution is -2.02. The van der Waals surface area contributed by atoms with E-state index in [1.165, 1.54) is 21.3 Å². The van der Waals surface area contributed by atoms with Gasteiger partial charge in [-0.2, -0.15) is 5.10 Å². The minimum absolute atomic E-state index is 0.864. The zero-order chi connectivity index (χ0) is 11.0. The maximum atomic E-state index is 4.32. The summed E-state index contributed by atoms with van der Waals surface area (Å²) in [5, 5.41) is 7.90. The van der Waals surface area contributed by atoms with E-state index in [2.05, 4.69) is 41.7 Å². The van der Waals surface area contributed by atoms with Crippen LogP contribution >= 0.6 is 11.3 Å². The normalized spacial score (nSPS) is 11.1. The zero-order valence-corrected chi connectivity index (χ0v) is 9.87. The predicted molar refractivity (Wildman–Crippen MR) is 67.9 cm³/mol. The molecule has 3 rings (SSSR count). The predicted octanol–water partition coefficient (Wildman–Crippen LogP) is 3.45. The molecule has 0 saturated heterocycles. The third-order valence-corrected chi connectivity index (χ3v) is 3.82. The number of benzene rings is 1. The second-order valence-corrected chi connectivity index (χ2v) is 4.80. The standard InChI is InChI=1S/C13H12N2S/c1-10-6-7-14-15(10)8-11-9-16-13-5-3-2-4-12(11)13/h2-7,9H,8H2,1H3. The van der Waals surface area contributed by atoms with Gasteiger partial charge in [-0.15, -0.1) is 11.3 Å². The Kier molecular flexibility index (Phi) is 2.26. The molecule has 0 radical (unpaired) electrons. The third-order valence-electron chi connectivity index (χ3n) is 2.81. The smallest absolute Gasteiger partial charge is 0.0676 e. The molecule has 0 atom stereocenters. The molecule has 1 aromatic carbocycles. The molecule has 0 aliphatic heterocycles. The molecule has 0 unspecified atom stereocenters. The molecule has 2 nitrogen and oxygen atoms in total. The Bertz CT molecular complexity index is 621. The molecule has 16 heavy (non-hydrogen) atoms. The first-order chi connectivity index (χ1) is 7.84. The SMILES string of the molecule is Cc1ccnn1Cc1csc2ccccc12. The van der Waals surface area contributed by atoms with Crippen LogP contribution in [0.2, 0.25) is 0 Å². The molecule has 0 spiro atoms. The van der Waals surface area contributed by atoms with Crippen LogP contribution in [0.5, 0.6) is 0 Å². The Morgan fingerprint density at radius 1 is 1.25 bits per heavy atom. The van der Waals surface area contributed by atoms with Crippen molar-refractivity contribution in [2.24, 2.45) is 0 Å². The number of aryl methyl sites for hydroxylation is 1. The number of aromatic nitrogens is 2. The van der Waals surface area contributed by atoms with Crippen molar-refractivity contribution in [1.82, 2.24) is 9.78 Å². The van der Waals surface area contributed by atoms with Gasteiger partial charge < -0.3 is 0 Å². The van der Waals surface area contributed by atoms with E-state index in [1.807, 2.05) is 16.9 Å². The van der Waals surface area contributed by atoms with E-state index in [0.717, 1.165) is 6.54 Å². The van der Waals surface area contributed by atoms with Crippen molar-refractivity contribution >= 4 is 21.4 Å². The third kappa shape index (κ3) is 1.53. The molecular formula is C13H12N2S. The summed E-state index contributed by atoms with van der Waals surface area (Å²) in [7, 11) is 0. The average Bonchev–Trinajstić information content (AvgIpc) is 2.88. The first-order valence-electron chi connectivity index (χ1n) is 5.28. The maximum absolute atomic E-state index is 4.32. The van der Waals surface area contributed by atoms with Crippen molar-refractivity contribution in [2.75, 3.05) is 0 Å². The van der Waals surface area contributed by atoms with Crippen LogP contribution in [0, 0.1) is 6.92 Å². The van der Waals surface area contributed by atoms with Gasteiger partial charge in [-0.25, -0.2) is 0 Å². The van der Waals surface area contributed by atoms with Crippen LogP contribution in [-0.2, 0) is 6.54 Å². The fraction of sp³-hybridized carbons (Fsp3) is 0.154. The number of rotatable bonds is 2. The highest BCUT2D eigenvalue weighted by Gasteiger charge is 2.05. The van der Waals surface area contributed by atoms with Gasteiger partial charge >= 0.3 is 0 Å². The summed E-state index contributed by atoms with van der Waals surface area (Å²) in [6.07, 6.45) is 1.85. The molecule has 0 aliphatic rings. The van der Waals surface area contributed by atoms with Crippen molar-refractivity contribution in [3.05, 3.63) is 53.2 Å². The van der Waals surface area contributed by atoms with E-state index in [1.54, 1.807) is 11.3 Å². The minimum Gasteiger partial charge on any atom is -0.265 e. The number of nitrogens with zero attached hydrogens (tertiary/aromatic N) is 2. The van der Waals surface area contributed by atoms with Crippen molar-refractivity contribution in [1.29, 1.82) is 0 Å². The molecule has 3 aromatic rings. The summed E-state index contributed by atoms with van der Waals surface area (Å²) in [5.74, 6) is 0. The van der Waals surface area contributed by atoms with Gasteiger partial charge in [-0.05, 0) is 35.4 Å². The van der Waals surface area contributed by atoms with E-state index < -0.39 is 0 Å². The molecule has 0 saturated carbocycles. The Morgan fingerprint density at radius 3 is 2.94 bits per heavy atom. The second kappa shape index (κ2) is 3.76. The van der Waals surface area contributed by atoms with Crippen LogP contribution in [0.15, 0.2) is 41.9 Å². The molecule has 2 aromatic heterocycles. The summed E-state index contributed by atoms with van der Waals surface area (Å²) in [4.78, 5) is 0. The van der Waals surface area contributed by atoms with Crippen molar-refractivity contribution < 1.29 is 0 Å². The van der Waals surface area contributed by atoms with Gasteiger partial charge in [-0.3, -0.25) is 4.68 Å². The van der Waals surface area contributed by atoms with Crippen molar-refractivity contribution in [3.8, 4) is 0 Å². The highest BCUT2D eigenvalue weighted by atomic mass is 32.1. The fourth-order valence-electron chi connectivity index (χ4n) is 1.88. The lowest BCUT2D eigenvalue weighted by molar-refractivity contribution is 0.669. The number of hydrogen-bond acceptors (Lipinski definition) is 2. The van der Waals surface area contributed by atoms with Gasteiger partial charge in [0.25, 0.3) is 0 Å². The topological polar surface area (TPSA) is 17.8 Å². The van der Waals surface area contributed by atoms with E-state index in [4.69, 9.17) is 0 Å². The van der Waals surface area contributed by atoms with Gasteiger partial charge in [0, 0.05) is 16.6 Å². The zero-order valence-electron chi connectivity index (χ0n) is 9.05. The summed E-state index contributed by atoms with van der Waals surface area (Å²) in [6, 6.07) is 10.6. The first-order valence-corrected chi connectivity index (χ1v) is 6.16. The van der Waals surface area contributed by atoms with E-state index in [0.29, 0.717) is 0 Å². The number of hydrogen-bond donors (Lipinski definition) is 0. The van der Waals surface area contributed by atoms with Gasteiger partial charge in [-0.1, -0.05) is 18.2 Å². The number of thiophene rings is 1. The highest BCUT2D eigenvalue weighted by Crippen LogP contribution is 2.26. The van der Waals surface area contributed by atoms with Crippen LogP contribution in [0.3, 0.4) is 0 Å². The Labute approximate surface area is 98.1 Å². The highest BCUT2D eigenvalue weighted by molar-refractivity contribution is 7.17. The molecule has 0 N–H and O–H groups in total. The van der Waals surface area contributed by atoms with Crippen molar-refractivity contribution in [2.45, 2.75) is 13.5 Å². The molecule has 0 amide bonds. The van der Waals surface area contributed by atoms with Gasteiger partial charge in [0.05, 0.1) is 6.54 Å². The van der Waals surface area contributed by atoms with E-state index in [9.17, 15) is 0 Å². The maximum Gasteiger partial charge on any atom is 0.0676 e. The molecule has 80 valence electrons. The van der Waals surface area contributed by atoms with Crippen LogP contribution in [0.1, 0.15) is 11.3 Å². The van der Waals surface area contributed by atoms with Crippen LogP contribution in [-0.4, -0.2) is 9.78 Å². The Balaban J connectivity index is 2.04. The van der Waals surface area contributed by atoms with Gasteiger partial charge in [0.2, 0.25) is 0 Å². The summed E-state index contributed by atoms with van der Waals surface area (Å²) in [6.45, 7) is 2.95. The van der Waals surface area contributed by atoms with E-state index in [-0.39, 0.29) is 0 Å². The second-order valence-electron chi connectivity index (χ2n) is 3.89. The molecule has 2 heterocycles. The van der Waals surface area contributed by atoms with E-state index >= 15 is 0 Å². The monoisotopic (exact) mass is 228 g/mol. The lowest BCUT2D eigenvalue weighted by atomic mass is 10.2. The van der Waals surface area contributed by atoms with Crippen LogP contribution in [0.4, 0.5) is 0 Å². The fourth-order valence-corrected chi connectivity index (χ4v) is 2.83. The molecule has 0 fully saturated rings.